The number of piperidine rings is 1. The number of hydrogen-bond acceptors (Lipinski definition) is 1. The molecule has 0 radical (unpaired) electrons. The summed E-state index contributed by atoms with van der Waals surface area (Å²) in [6, 6.07) is 6.46. The van der Waals surface area contributed by atoms with E-state index >= 15 is 0 Å². The maximum Gasteiger partial charge on any atom is 0.282 e. The highest BCUT2D eigenvalue weighted by Crippen LogP contribution is 2.24. The fourth-order valence-electron chi connectivity index (χ4n) is 3.52. The summed E-state index contributed by atoms with van der Waals surface area (Å²) in [5, 5.41) is 3.11. The Labute approximate surface area is 121 Å². The molecular formula is C17H25N2O+. The second-order valence-corrected chi connectivity index (χ2v) is 6.27. The van der Waals surface area contributed by atoms with Crippen LogP contribution in [0.2, 0.25) is 0 Å². The van der Waals surface area contributed by atoms with Gasteiger partial charge in [-0.3, -0.25) is 4.79 Å². The summed E-state index contributed by atoms with van der Waals surface area (Å²) in [5.74, 6) is 0.167. The van der Waals surface area contributed by atoms with E-state index in [1.54, 1.807) is 0 Å². The van der Waals surface area contributed by atoms with Gasteiger partial charge in [-0.1, -0.05) is 6.07 Å². The third kappa shape index (κ3) is 2.88. The quantitative estimate of drug-likeness (QED) is 0.861. The Morgan fingerprint density at radius 3 is 2.65 bits per heavy atom. The van der Waals surface area contributed by atoms with Crippen LogP contribution >= 0.6 is 0 Å². The Kier molecular flexibility index (Phi) is 4.06. The van der Waals surface area contributed by atoms with E-state index in [0.29, 0.717) is 0 Å². The number of fused-ring (bicyclic) bond motifs is 1. The minimum Gasteiger partial charge on any atom is -0.325 e. The van der Waals surface area contributed by atoms with Gasteiger partial charge >= 0.3 is 0 Å². The van der Waals surface area contributed by atoms with Gasteiger partial charge in [-0.15, -0.1) is 0 Å². The van der Waals surface area contributed by atoms with Crippen molar-refractivity contribution in [2.24, 2.45) is 0 Å². The van der Waals surface area contributed by atoms with Crippen molar-refractivity contribution in [2.75, 3.05) is 18.4 Å². The van der Waals surface area contributed by atoms with Crippen LogP contribution in [-0.4, -0.2) is 25.0 Å². The van der Waals surface area contributed by atoms with Gasteiger partial charge in [0.1, 0.15) is 0 Å². The molecule has 1 amide bonds. The lowest BCUT2D eigenvalue weighted by Crippen LogP contribution is -3.17. The van der Waals surface area contributed by atoms with Crippen LogP contribution in [0.1, 0.15) is 43.7 Å². The van der Waals surface area contributed by atoms with E-state index < -0.39 is 0 Å². The van der Waals surface area contributed by atoms with Crippen LogP contribution in [0, 0.1) is 0 Å². The number of amides is 1. The molecule has 1 aliphatic heterocycles. The first-order valence-electron chi connectivity index (χ1n) is 8.01. The third-order valence-corrected chi connectivity index (χ3v) is 4.87. The molecule has 1 fully saturated rings. The van der Waals surface area contributed by atoms with Crippen molar-refractivity contribution in [1.82, 2.24) is 0 Å². The Balaban J connectivity index is 1.63. The minimum absolute atomic E-state index is 0.0588. The molecule has 108 valence electrons. The van der Waals surface area contributed by atoms with Crippen molar-refractivity contribution in [3.63, 3.8) is 0 Å². The SMILES string of the molecule is C[C@H](C(=O)Nc1ccc2c(c1)CCC2)[NH+]1CCCCC1. The van der Waals surface area contributed by atoms with Crippen molar-refractivity contribution in [3.05, 3.63) is 29.3 Å². The summed E-state index contributed by atoms with van der Waals surface area (Å²) in [6.07, 6.45) is 7.44. The maximum atomic E-state index is 12.4. The summed E-state index contributed by atoms with van der Waals surface area (Å²) in [6.45, 7) is 4.33. The highest BCUT2D eigenvalue weighted by atomic mass is 16.2. The molecule has 0 unspecified atom stereocenters. The minimum atomic E-state index is 0.0588. The summed E-state index contributed by atoms with van der Waals surface area (Å²) in [7, 11) is 0. The molecule has 3 nitrogen and oxygen atoms in total. The second-order valence-electron chi connectivity index (χ2n) is 6.27. The number of benzene rings is 1. The summed E-state index contributed by atoms with van der Waals surface area (Å²) < 4.78 is 0. The molecule has 0 aromatic heterocycles. The van der Waals surface area contributed by atoms with Gasteiger partial charge < -0.3 is 10.2 Å². The highest BCUT2D eigenvalue weighted by Gasteiger charge is 2.26. The zero-order valence-electron chi connectivity index (χ0n) is 12.4. The topological polar surface area (TPSA) is 33.5 Å². The predicted molar refractivity (Wildman–Crippen MR) is 81.1 cm³/mol. The Morgan fingerprint density at radius 2 is 1.85 bits per heavy atom. The van der Waals surface area contributed by atoms with Crippen molar-refractivity contribution in [3.8, 4) is 0 Å². The molecule has 1 aromatic rings. The average molecular weight is 273 g/mol. The van der Waals surface area contributed by atoms with Crippen LogP contribution in [0.5, 0.6) is 0 Å². The lowest BCUT2D eigenvalue weighted by molar-refractivity contribution is -0.918. The largest absolute Gasteiger partial charge is 0.325 e. The van der Waals surface area contributed by atoms with Gasteiger partial charge in [-0.25, -0.2) is 0 Å². The number of hydrogen-bond donors (Lipinski definition) is 2. The van der Waals surface area contributed by atoms with Crippen LogP contribution in [0.15, 0.2) is 18.2 Å². The van der Waals surface area contributed by atoms with Gasteiger partial charge in [0.15, 0.2) is 6.04 Å². The standard InChI is InChI=1S/C17H24N2O/c1-13(19-10-3-2-4-11-19)17(20)18-16-9-8-14-6-5-7-15(14)12-16/h8-9,12-13H,2-7,10-11H2,1H3,(H,18,20)/p+1/t13-/m1/s1. The molecular weight excluding hydrogens is 248 g/mol. The molecule has 0 bridgehead atoms. The molecule has 1 atom stereocenters. The van der Waals surface area contributed by atoms with E-state index in [0.717, 1.165) is 25.2 Å². The van der Waals surface area contributed by atoms with Gasteiger partial charge in [0.05, 0.1) is 13.1 Å². The number of nitrogens with one attached hydrogen (secondary N) is 2. The number of carbonyl (C=O) groups is 1. The first kappa shape index (κ1) is 13.6. The first-order chi connectivity index (χ1) is 9.74. The Hall–Kier alpha value is -1.35. The molecule has 3 rings (SSSR count). The average Bonchev–Trinajstić information content (AvgIpc) is 2.95. The van der Waals surface area contributed by atoms with Crippen LogP contribution in [0.3, 0.4) is 0 Å². The highest BCUT2D eigenvalue weighted by molar-refractivity contribution is 5.93. The van der Waals surface area contributed by atoms with Crippen molar-refractivity contribution in [1.29, 1.82) is 0 Å². The van der Waals surface area contributed by atoms with E-state index in [4.69, 9.17) is 0 Å². The van der Waals surface area contributed by atoms with E-state index in [-0.39, 0.29) is 11.9 Å². The van der Waals surface area contributed by atoms with Crippen molar-refractivity contribution < 1.29 is 9.69 Å². The summed E-state index contributed by atoms with van der Waals surface area (Å²) in [5.41, 5.74) is 3.84. The molecule has 20 heavy (non-hydrogen) atoms. The number of quaternary nitrogens is 1. The van der Waals surface area contributed by atoms with E-state index in [2.05, 4.69) is 30.4 Å². The predicted octanol–water partition coefficient (Wildman–Crippen LogP) is 1.57. The molecule has 3 heteroatoms. The first-order valence-corrected chi connectivity index (χ1v) is 8.01. The monoisotopic (exact) mass is 273 g/mol. The van der Waals surface area contributed by atoms with Gasteiger partial charge in [-0.2, -0.15) is 0 Å². The maximum absolute atomic E-state index is 12.4. The van der Waals surface area contributed by atoms with Crippen LogP contribution in [0.4, 0.5) is 5.69 Å². The zero-order chi connectivity index (χ0) is 13.9. The van der Waals surface area contributed by atoms with Crippen LogP contribution in [-0.2, 0) is 17.6 Å². The molecule has 1 heterocycles. The lowest BCUT2D eigenvalue weighted by atomic mass is 10.1. The van der Waals surface area contributed by atoms with Crippen molar-refractivity contribution in [2.45, 2.75) is 51.5 Å². The molecule has 0 saturated carbocycles. The number of anilines is 1. The van der Waals surface area contributed by atoms with E-state index in [1.807, 2.05) is 0 Å². The Bertz CT molecular complexity index is 492. The molecule has 1 aromatic carbocycles. The van der Waals surface area contributed by atoms with Gasteiger partial charge in [0.25, 0.3) is 5.91 Å². The number of likely N-dealkylation sites (tertiary alicyclic amines) is 1. The van der Waals surface area contributed by atoms with E-state index in [9.17, 15) is 4.79 Å². The van der Waals surface area contributed by atoms with Gasteiger partial charge in [0.2, 0.25) is 0 Å². The van der Waals surface area contributed by atoms with Crippen LogP contribution < -0.4 is 10.2 Å². The molecule has 2 aliphatic rings. The number of carbonyl (C=O) groups excluding carboxylic acids is 1. The smallest absolute Gasteiger partial charge is 0.282 e. The van der Waals surface area contributed by atoms with Gasteiger partial charge in [-0.05, 0) is 68.7 Å². The van der Waals surface area contributed by atoms with Gasteiger partial charge in [0, 0.05) is 5.69 Å². The molecule has 0 spiro atoms. The van der Waals surface area contributed by atoms with E-state index in [1.165, 1.54) is 48.1 Å². The third-order valence-electron chi connectivity index (χ3n) is 4.87. The number of rotatable bonds is 3. The fourth-order valence-corrected chi connectivity index (χ4v) is 3.52. The molecule has 1 aliphatic carbocycles. The van der Waals surface area contributed by atoms with Crippen molar-refractivity contribution >= 4 is 11.6 Å². The second kappa shape index (κ2) is 5.96. The summed E-state index contributed by atoms with van der Waals surface area (Å²) >= 11 is 0. The molecule has 1 saturated heterocycles. The Morgan fingerprint density at radius 1 is 1.10 bits per heavy atom. The fraction of sp³-hybridized carbons (Fsp3) is 0.588. The summed E-state index contributed by atoms with van der Waals surface area (Å²) in [4.78, 5) is 13.8. The zero-order valence-corrected chi connectivity index (χ0v) is 12.4. The van der Waals surface area contributed by atoms with Crippen LogP contribution in [0.25, 0.3) is 0 Å². The lowest BCUT2D eigenvalue weighted by Gasteiger charge is -2.28. The normalized spacial score (nSPS) is 20.4. The molecule has 2 N–H and O–H groups in total. The number of aryl methyl sites for hydroxylation is 2.